The van der Waals surface area contributed by atoms with E-state index in [4.69, 9.17) is 4.74 Å². The number of ether oxygens (including phenoxy) is 1. The first-order valence-electron chi connectivity index (χ1n) is 6.04. The lowest BCUT2D eigenvalue weighted by atomic mass is 10.0. The van der Waals surface area contributed by atoms with Gasteiger partial charge in [-0.25, -0.2) is 0 Å². The highest BCUT2D eigenvalue weighted by Crippen LogP contribution is 2.32. The van der Waals surface area contributed by atoms with E-state index in [1.165, 1.54) is 25.7 Å². The Balaban J connectivity index is 2.17. The predicted octanol–water partition coefficient (Wildman–Crippen LogP) is 2.44. The van der Waals surface area contributed by atoms with Gasteiger partial charge in [0.1, 0.15) is 0 Å². The minimum atomic E-state index is 0.612. The molecule has 1 atom stereocenters. The van der Waals surface area contributed by atoms with Gasteiger partial charge in [-0.15, -0.1) is 0 Å². The number of rotatable bonds is 8. The molecule has 2 heteroatoms. The van der Waals surface area contributed by atoms with Crippen LogP contribution in [0.25, 0.3) is 0 Å². The van der Waals surface area contributed by atoms with Gasteiger partial charge >= 0.3 is 0 Å². The quantitative estimate of drug-likeness (QED) is 0.648. The molecule has 1 aliphatic carbocycles. The molecule has 1 saturated carbocycles. The second-order valence-corrected chi connectivity index (χ2v) is 4.49. The highest BCUT2D eigenvalue weighted by atomic mass is 16.5. The lowest BCUT2D eigenvalue weighted by Crippen LogP contribution is -2.38. The third-order valence-electron chi connectivity index (χ3n) is 3.36. The Labute approximate surface area is 88.4 Å². The maximum Gasteiger partial charge on any atom is 0.0618 e. The van der Waals surface area contributed by atoms with E-state index in [0.29, 0.717) is 6.04 Å². The fourth-order valence-corrected chi connectivity index (χ4v) is 1.94. The normalized spacial score (nSPS) is 18.9. The number of hydrogen-bond donors (Lipinski definition) is 1. The summed E-state index contributed by atoms with van der Waals surface area (Å²) in [5.41, 5.74) is 0. The third kappa shape index (κ3) is 3.97. The van der Waals surface area contributed by atoms with Crippen LogP contribution >= 0.6 is 0 Å². The van der Waals surface area contributed by atoms with Crippen molar-refractivity contribution in [3.63, 3.8) is 0 Å². The SMILES string of the molecule is CCC(CC)CNC(COC)C1CC1. The first-order chi connectivity index (χ1) is 6.81. The third-order valence-corrected chi connectivity index (χ3v) is 3.36. The Bertz CT molecular complexity index is 141. The van der Waals surface area contributed by atoms with E-state index in [9.17, 15) is 0 Å². The van der Waals surface area contributed by atoms with Crippen molar-refractivity contribution in [1.82, 2.24) is 5.32 Å². The molecule has 0 amide bonds. The lowest BCUT2D eigenvalue weighted by molar-refractivity contribution is 0.154. The topological polar surface area (TPSA) is 21.3 Å². The Morgan fingerprint density at radius 2 is 1.93 bits per heavy atom. The fraction of sp³-hybridized carbons (Fsp3) is 1.00. The van der Waals surface area contributed by atoms with Gasteiger partial charge in [0.25, 0.3) is 0 Å². The summed E-state index contributed by atoms with van der Waals surface area (Å²) in [7, 11) is 1.80. The van der Waals surface area contributed by atoms with E-state index in [0.717, 1.165) is 25.0 Å². The summed E-state index contributed by atoms with van der Waals surface area (Å²) in [5.74, 6) is 1.73. The van der Waals surface area contributed by atoms with Crippen molar-refractivity contribution in [2.45, 2.75) is 45.6 Å². The zero-order valence-electron chi connectivity index (χ0n) is 9.88. The zero-order valence-corrected chi connectivity index (χ0v) is 9.88. The van der Waals surface area contributed by atoms with Gasteiger partial charge in [0.15, 0.2) is 0 Å². The molecule has 0 heterocycles. The van der Waals surface area contributed by atoms with E-state index in [-0.39, 0.29) is 0 Å². The molecule has 1 fully saturated rings. The molecule has 0 radical (unpaired) electrons. The summed E-state index contributed by atoms with van der Waals surface area (Å²) in [6.45, 7) is 6.60. The van der Waals surface area contributed by atoms with Crippen LogP contribution in [0.1, 0.15) is 39.5 Å². The molecule has 0 aliphatic heterocycles. The second kappa shape index (κ2) is 6.41. The van der Waals surface area contributed by atoms with Crippen molar-refractivity contribution in [1.29, 1.82) is 0 Å². The molecule has 0 bridgehead atoms. The molecular weight excluding hydrogens is 174 g/mol. The summed E-state index contributed by atoms with van der Waals surface area (Å²) in [6.07, 6.45) is 5.36. The Kier molecular flexibility index (Phi) is 5.49. The number of nitrogens with one attached hydrogen (secondary N) is 1. The van der Waals surface area contributed by atoms with Gasteiger partial charge in [0.2, 0.25) is 0 Å². The minimum Gasteiger partial charge on any atom is -0.383 e. The average Bonchev–Trinajstić information content (AvgIpc) is 3.01. The van der Waals surface area contributed by atoms with Crippen LogP contribution in [0.3, 0.4) is 0 Å². The minimum absolute atomic E-state index is 0.612. The molecule has 1 aliphatic rings. The van der Waals surface area contributed by atoms with Crippen LogP contribution in [0.4, 0.5) is 0 Å². The van der Waals surface area contributed by atoms with Crippen molar-refractivity contribution in [3.8, 4) is 0 Å². The molecule has 0 aromatic heterocycles. The van der Waals surface area contributed by atoms with E-state index in [1.54, 1.807) is 7.11 Å². The molecule has 0 spiro atoms. The average molecular weight is 199 g/mol. The summed E-state index contributed by atoms with van der Waals surface area (Å²) >= 11 is 0. The van der Waals surface area contributed by atoms with Crippen LogP contribution in [-0.2, 0) is 4.74 Å². The van der Waals surface area contributed by atoms with Crippen molar-refractivity contribution >= 4 is 0 Å². The zero-order chi connectivity index (χ0) is 10.4. The number of hydrogen-bond acceptors (Lipinski definition) is 2. The van der Waals surface area contributed by atoms with Gasteiger partial charge in [0.05, 0.1) is 6.61 Å². The molecule has 1 N–H and O–H groups in total. The second-order valence-electron chi connectivity index (χ2n) is 4.49. The van der Waals surface area contributed by atoms with Crippen molar-refractivity contribution < 1.29 is 4.74 Å². The monoisotopic (exact) mass is 199 g/mol. The molecule has 1 unspecified atom stereocenters. The maximum absolute atomic E-state index is 5.24. The molecule has 1 rings (SSSR count). The molecular formula is C12H25NO. The van der Waals surface area contributed by atoms with Gasteiger partial charge in [-0.05, 0) is 31.2 Å². The van der Waals surface area contributed by atoms with Gasteiger partial charge in [-0.3, -0.25) is 0 Å². The van der Waals surface area contributed by atoms with Crippen LogP contribution in [0.15, 0.2) is 0 Å². The predicted molar refractivity (Wildman–Crippen MR) is 60.5 cm³/mol. The van der Waals surface area contributed by atoms with Crippen LogP contribution in [-0.4, -0.2) is 26.3 Å². The molecule has 84 valence electrons. The van der Waals surface area contributed by atoms with E-state index < -0.39 is 0 Å². The highest BCUT2D eigenvalue weighted by Gasteiger charge is 2.30. The van der Waals surface area contributed by atoms with Crippen molar-refractivity contribution in [3.05, 3.63) is 0 Å². The lowest BCUT2D eigenvalue weighted by Gasteiger charge is -2.20. The van der Waals surface area contributed by atoms with Crippen LogP contribution < -0.4 is 5.32 Å². The molecule has 0 aromatic carbocycles. The number of methoxy groups -OCH3 is 1. The van der Waals surface area contributed by atoms with Crippen LogP contribution in [0.2, 0.25) is 0 Å². The van der Waals surface area contributed by atoms with Crippen molar-refractivity contribution in [2.75, 3.05) is 20.3 Å². The summed E-state index contributed by atoms with van der Waals surface area (Å²) in [4.78, 5) is 0. The Morgan fingerprint density at radius 3 is 2.36 bits per heavy atom. The smallest absolute Gasteiger partial charge is 0.0618 e. The molecule has 0 aromatic rings. The Morgan fingerprint density at radius 1 is 1.29 bits per heavy atom. The van der Waals surface area contributed by atoms with Crippen LogP contribution in [0, 0.1) is 11.8 Å². The maximum atomic E-state index is 5.24. The van der Waals surface area contributed by atoms with Gasteiger partial charge in [-0.2, -0.15) is 0 Å². The summed E-state index contributed by atoms with van der Waals surface area (Å²) in [5, 5.41) is 3.66. The summed E-state index contributed by atoms with van der Waals surface area (Å²) < 4.78 is 5.24. The largest absolute Gasteiger partial charge is 0.383 e. The molecule has 2 nitrogen and oxygen atoms in total. The van der Waals surface area contributed by atoms with E-state index in [2.05, 4.69) is 19.2 Å². The molecule has 0 saturated heterocycles. The van der Waals surface area contributed by atoms with Gasteiger partial charge in [-0.1, -0.05) is 26.7 Å². The van der Waals surface area contributed by atoms with Crippen LogP contribution in [0.5, 0.6) is 0 Å². The first-order valence-corrected chi connectivity index (χ1v) is 6.04. The fourth-order valence-electron chi connectivity index (χ4n) is 1.94. The summed E-state index contributed by atoms with van der Waals surface area (Å²) in [6, 6.07) is 0.612. The molecule has 14 heavy (non-hydrogen) atoms. The van der Waals surface area contributed by atoms with Gasteiger partial charge in [0, 0.05) is 13.2 Å². The standard InChI is InChI=1S/C12H25NO/c1-4-10(5-2)8-13-12(9-14-3)11-6-7-11/h10-13H,4-9H2,1-3H3. The van der Waals surface area contributed by atoms with E-state index >= 15 is 0 Å². The highest BCUT2D eigenvalue weighted by molar-refractivity contribution is 4.86. The Hall–Kier alpha value is -0.0800. The van der Waals surface area contributed by atoms with E-state index in [1.807, 2.05) is 0 Å². The van der Waals surface area contributed by atoms with Gasteiger partial charge < -0.3 is 10.1 Å². The first kappa shape index (κ1) is 12.0. The van der Waals surface area contributed by atoms with Crippen molar-refractivity contribution in [2.24, 2.45) is 11.8 Å².